The first-order valence-corrected chi connectivity index (χ1v) is 5.86. The fraction of sp³-hybridized carbons (Fsp3) is 0.111. The van der Waals surface area contributed by atoms with Crippen molar-refractivity contribution in [1.29, 1.82) is 0 Å². The zero-order valence-electron chi connectivity index (χ0n) is 7.08. The first-order chi connectivity index (χ1) is 6.74. The molecule has 0 saturated heterocycles. The van der Waals surface area contributed by atoms with Crippen LogP contribution in [0.15, 0.2) is 24.3 Å². The number of aromatic nitrogens is 2. The predicted molar refractivity (Wildman–Crippen MR) is 61.8 cm³/mol. The SMILES string of the molecule is Fc1cccc(Cc2nnc(I)s2)c1. The zero-order chi connectivity index (χ0) is 9.97. The Morgan fingerprint density at radius 1 is 1.36 bits per heavy atom. The molecule has 2 aromatic rings. The first-order valence-electron chi connectivity index (χ1n) is 3.96. The Labute approximate surface area is 98.3 Å². The van der Waals surface area contributed by atoms with Crippen molar-refractivity contribution in [2.24, 2.45) is 0 Å². The molecule has 0 N–H and O–H groups in total. The van der Waals surface area contributed by atoms with Crippen LogP contribution in [0.25, 0.3) is 0 Å². The third-order valence-electron chi connectivity index (χ3n) is 1.69. The number of rotatable bonds is 2. The fourth-order valence-corrected chi connectivity index (χ4v) is 2.59. The van der Waals surface area contributed by atoms with Gasteiger partial charge in [0.1, 0.15) is 10.8 Å². The molecule has 1 heterocycles. The van der Waals surface area contributed by atoms with E-state index in [0.29, 0.717) is 6.42 Å². The van der Waals surface area contributed by atoms with Crippen LogP contribution in [-0.4, -0.2) is 10.2 Å². The van der Waals surface area contributed by atoms with Gasteiger partial charge in [0.25, 0.3) is 0 Å². The van der Waals surface area contributed by atoms with Gasteiger partial charge in [-0.25, -0.2) is 4.39 Å². The molecule has 0 saturated carbocycles. The molecule has 0 aliphatic rings. The molecule has 0 bridgehead atoms. The average molecular weight is 320 g/mol. The van der Waals surface area contributed by atoms with Gasteiger partial charge in [0.15, 0.2) is 3.01 Å². The number of hydrogen-bond donors (Lipinski definition) is 0. The monoisotopic (exact) mass is 320 g/mol. The average Bonchev–Trinajstić information content (AvgIpc) is 2.51. The van der Waals surface area contributed by atoms with Crippen LogP contribution in [-0.2, 0) is 6.42 Å². The van der Waals surface area contributed by atoms with Crippen LogP contribution in [0.5, 0.6) is 0 Å². The highest BCUT2D eigenvalue weighted by molar-refractivity contribution is 14.1. The summed E-state index contributed by atoms with van der Waals surface area (Å²) in [6.07, 6.45) is 0.651. The maximum atomic E-state index is 12.8. The summed E-state index contributed by atoms with van der Waals surface area (Å²) in [7, 11) is 0. The van der Waals surface area contributed by atoms with Crippen molar-refractivity contribution in [3.63, 3.8) is 0 Å². The molecule has 0 unspecified atom stereocenters. The summed E-state index contributed by atoms with van der Waals surface area (Å²) in [4.78, 5) is 0. The lowest BCUT2D eigenvalue weighted by molar-refractivity contribution is 0.626. The molecule has 1 aromatic carbocycles. The van der Waals surface area contributed by atoms with Gasteiger partial charge >= 0.3 is 0 Å². The standard InChI is InChI=1S/C9H6FIN2S/c10-7-3-1-2-6(4-7)5-8-12-13-9(11)14-8/h1-4H,5H2. The summed E-state index contributed by atoms with van der Waals surface area (Å²) in [5, 5.41) is 8.79. The largest absolute Gasteiger partial charge is 0.207 e. The Balaban J connectivity index is 2.18. The van der Waals surface area contributed by atoms with Crippen LogP contribution in [0.2, 0.25) is 0 Å². The maximum Gasteiger partial charge on any atom is 0.178 e. The van der Waals surface area contributed by atoms with E-state index in [4.69, 9.17) is 0 Å². The third-order valence-corrected chi connectivity index (χ3v) is 3.27. The topological polar surface area (TPSA) is 25.8 Å². The molecule has 0 aliphatic heterocycles. The lowest BCUT2D eigenvalue weighted by Crippen LogP contribution is -1.88. The van der Waals surface area contributed by atoms with Gasteiger partial charge in [0, 0.05) is 6.42 Å². The quantitative estimate of drug-likeness (QED) is 0.795. The van der Waals surface area contributed by atoms with Crippen LogP contribution >= 0.6 is 33.9 Å². The molecular formula is C9H6FIN2S. The minimum Gasteiger partial charge on any atom is -0.207 e. The summed E-state index contributed by atoms with van der Waals surface area (Å²) in [5.41, 5.74) is 0.928. The van der Waals surface area contributed by atoms with Crippen molar-refractivity contribution in [2.75, 3.05) is 0 Å². The smallest absolute Gasteiger partial charge is 0.178 e. The van der Waals surface area contributed by atoms with Gasteiger partial charge in [-0.05, 0) is 40.3 Å². The van der Waals surface area contributed by atoms with Crippen molar-refractivity contribution in [2.45, 2.75) is 6.42 Å². The van der Waals surface area contributed by atoms with Gasteiger partial charge in [0.05, 0.1) is 0 Å². The molecule has 0 amide bonds. The van der Waals surface area contributed by atoms with Gasteiger partial charge < -0.3 is 0 Å². The Morgan fingerprint density at radius 3 is 2.86 bits per heavy atom. The number of hydrogen-bond acceptors (Lipinski definition) is 3. The minimum absolute atomic E-state index is 0.207. The van der Waals surface area contributed by atoms with Gasteiger partial charge in [-0.2, -0.15) is 0 Å². The first kappa shape index (κ1) is 9.97. The lowest BCUT2D eigenvalue weighted by atomic mass is 10.1. The number of halogens is 2. The molecule has 0 aliphatic carbocycles. The predicted octanol–water partition coefficient (Wildman–Crippen LogP) is 2.87. The molecule has 0 fully saturated rings. The second-order valence-corrected chi connectivity index (χ2v) is 5.57. The van der Waals surface area contributed by atoms with Crippen molar-refractivity contribution in [3.8, 4) is 0 Å². The molecule has 0 atom stereocenters. The molecule has 5 heteroatoms. The highest BCUT2D eigenvalue weighted by atomic mass is 127. The van der Waals surface area contributed by atoms with Crippen molar-refractivity contribution in [3.05, 3.63) is 43.7 Å². The summed E-state index contributed by atoms with van der Waals surface area (Å²) >= 11 is 3.65. The van der Waals surface area contributed by atoms with E-state index in [1.165, 1.54) is 23.5 Å². The molecule has 0 radical (unpaired) electrons. The highest BCUT2D eigenvalue weighted by Gasteiger charge is 2.03. The van der Waals surface area contributed by atoms with Gasteiger partial charge in [-0.1, -0.05) is 23.5 Å². The summed E-state index contributed by atoms with van der Waals surface area (Å²) < 4.78 is 13.8. The Hall–Kier alpha value is -0.560. The minimum atomic E-state index is -0.207. The van der Waals surface area contributed by atoms with Crippen LogP contribution in [0.4, 0.5) is 4.39 Å². The Morgan fingerprint density at radius 2 is 2.21 bits per heavy atom. The van der Waals surface area contributed by atoms with Gasteiger partial charge in [-0.3, -0.25) is 0 Å². The van der Waals surface area contributed by atoms with E-state index >= 15 is 0 Å². The molecule has 72 valence electrons. The van der Waals surface area contributed by atoms with E-state index in [2.05, 4.69) is 32.8 Å². The second-order valence-electron chi connectivity index (χ2n) is 2.76. The third kappa shape index (κ3) is 2.48. The van der Waals surface area contributed by atoms with Crippen LogP contribution < -0.4 is 0 Å². The summed E-state index contributed by atoms with van der Waals surface area (Å²) in [6, 6.07) is 6.55. The molecule has 2 rings (SSSR count). The van der Waals surface area contributed by atoms with E-state index in [1.54, 1.807) is 6.07 Å². The van der Waals surface area contributed by atoms with Crippen LogP contribution in [0.1, 0.15) is 10.6 Å². The summed E-state index contributed by atoms with van der Waals surface area (Å²) in [6.45, 7) is 0. The number of benzene rings is 1. The zero-order valence-corrected chi connectivity index (χ0v) is 10.0. The van der Waals surface area contributed by atoms with Crippen molar-refractivity contribution < 1.29 is 4.39 Å². The lowest BCUT2D eigenvalue weighted by Gasteiger charge is -1.96. The normalized spacial score (nSPS) is 10.4. The molecule has 1 aromatic heterocycles. The summed E-state index contributed by atoms with van der Waals surface area (Å²) in [5.74, 6) is -0.207. The van der Waals surface area contributed by atoms with Crippen LogP contribution in [0.3, 0.4) is 0 Å². The highest BCUT2D eigenvalue weighted by Crippen LogP contribution is 2.16. The van der Waals surface area contributed by atoms with E-state index in [0.717, 1.165) is 13.6 Å². The second kappa shape index (κ2) is 4.31. The molecule has 14 heavy (non-hydrogen) atoms. The molecule has 2 nitrogen and oxygen atoms in total. The van der Waals surface area contributed by atoms with E-state index in [-0.39, 0.29) is 5.82 Å². The van der Waals surface area contributed by atoms with E-state index in [1.807, 2.05) is 6.07 Å². The Bertz CT molecular complexity index is 444. The molecular weight excluding hydrogens is 314 g/mol. The van der Waals surface area contributed by atoms with Crippen molar-refractivity contribution >= 4 is 33.9 Å². The van der Waals surface area contributed by atoms with Crippen LogP contribution in [0, 0.1) is 8.83 Å². The van der Waals surface area contributed by atoms with Gasteiger partial charge in [0.2, 0.25) is 0 Å². The Kier molecular flexibility index (Phi) is 3.07. The van der Waals surface area contributed by atoms with E-state index < -0.39 is 0 Å². The fourth-order valence-electron chi connectivity index (χ4n) is 1.13. The van der Waals surface area contributed by atoms with Gasteiger partial charge in [-0.15, -0.1) is 10.2 Å². The van der Waals surface area contributed by atoms with E-state index in [9.17, 15) is 4.39 Å². The maximum absolute atomic E-state index is 12.8. The van der Waals surface area contributed by atoms with Crippen molar-refractivity contribution in [1.82, 2.24) is 10.2 Å². The number of nitrogens with zero attached hydrogens (tertiary/aromatic N) is 2. The molecule has 0 spiro atoms.